The average molecular weight is 376 g/mol. The molecule has 1 aliphatic rings. The molecule has 0 aliphatic carbocycles. The quantitative estimate of drug-likeness (QED) is 0.798. The Morgan fingerprint density at radius 3 is 2.48 bits per heavy atom. The van der Waals surface area contributed by atoms with E-state index in [1.165, 1.54) is 48.5 Å². The molecule has 1 aliphatic heterocycles. The minimum atomic E-state index is -3.14. The summed E-state index contributed by atoms with van der Waals surface area (Å²) in [6, 6.07) is 11.2. The number of nitrogens with one attached hydrogen (secondary N) is 2. The zero-order chi connectivity index (χ0) is 19.6. The SMILES string of the molecule is CC(F)(F)c1ccccc1NC(=O)[C@H]1C(=O)NCC[C@@H]1c1ccc(F)cc1. The van der Waals surface area contributed by atoms with Crippen LogP contribution in [0, 0.1) is 11.7 Å². The third-order valence-electron chi connectivity index (χ3n) is 4.68. The van der Waals surface area contributed by atoms with E-state index in [1.807, 2.05) is 0 Å². The fraction of sp³-hybridized carbons (Fsp3) is 0.300. The zero-order valence-electron chi connectivity index (χ0n) is 14.6. The molecule has 3 rings (SSSR count). The molecule has 4 nitrogen and oxygen atoms in total. The van der Waals surface area contributed by atoms with Crippen LogP contribution in [0.15, 0.2) is 48.5 Å². The summed E-state index contributed by atoms with van der Waals surface area (Å²) in [5.74, 6) is -6.27. The van der Waals surface area contributed by atoms with Gasteiger partial charge in [0.05, 0.1) is 0 Å². The van der Waals surface area contributed by atoms with Crippen molar-refractivity contribution in [1.82, 2.24) is 5.32 Å². The molecule has 1 fully saturated rings. The van der Waals surface area contributed by atoms with Crippen molar-refractivity contribution in [1.29, 1.82) is 0 Å². The van der Waals surface area contributed by atoms with Crippen molar-refractivity contribution in [2.75, 3.05) is 11.9 Å². The van der Waals surface area contributed by atoms with E-state index in [1.54, 1.807) is 0 Å². The Hall–Kier alpha value is -2.83. The number of para-hydroxylation sites is 1. The Balaban J connectivity index is 1.89. The molecule has 2 aromatic carbocycles. The summed E-state index contributed by atoms with van der Waals surface area (Å²) < 4.78 is 40.8. The van der Waals surface area contributed by atoms with E-state index in [2.05, 4.69) is 10.6 Å². The minimum Gasteiger partial charge on any atom is -0.355 e. The van der Waals surface area contributed by atoms with Gasteiger partial charge in [-0.3, -0.25) is 9.59 Å². The highest BCUT2D eigenvalue weighted by Gasteiger charge is 2.39. The van der Waals surface area contributed by atoms with E-state index >= 15 is 0 Å². The zero-order valence-corrected chi connectivity index (χ0v) is 14.6. The average Bonchev–Trinajstić information content (AvgIpc) is 2.61. The Morgan fingerprint density at radius 2 is 1.81 bits per heavy atom. The Morgan fingerprint density at radius 1 is 1.15 bits per heavy atom. The molecule has 0 bridgehead atoms. The minimum absolute atomic E-state index is 0.0359. The number of carbonyl (C=O) groups excluding carboxylic acids is 2. The second-order valence-corrected chi connectivity index (χ2v) is 6.64. The van der Waals surface area contributed by atoms with Gasteiger partial charge in [0.25, 0.3) is 5.92 Å². The standard InChI is InChI=1S/C20H19F3N2O2/c1-20(22,23)15-4-2-3-5-16(15)25-19(27)17-14(10-11-24-18(17)26)12-6-8-13(21)9-7-12/h2-9,14,17H,10-11H2,1H3,(H,24,26)(H,25,27)/t14-,17-/m1/s1. The molecule has 0 aromatic heterocycles. The van der Waals surface area contributed by atoms with Gasteiger partial charge in [-0.25, -0.2) is 13.2 Å². The Labute approximate surface area is 154 Å². The van der Waals surface area contributed by atoms with E-state index in [9.17, 15) is 22.8 Å². The van der Waals surface area contributed by atoms with E-state index in [4.69, 9.17) is 0 Å². The third kappa shape index (κ3) is 4.13. The fourth-order valence-electron chi connectivity index (χ4n) is 3.37. The molecule has 0 unspecified atom stereocenters. The molecule has 2 amide bonds. The summed E-state index contributed by atoms with van der Waals surface area (Å²) in [7, 11) is 0. The topological polar surface area (TPSA) is 58.2 Å². The molecule has 0 radical (unpaired) electrons. The van der Waals surface area contributed by atoms with Crippen LogP contribution in [-0.2, 0) is 15.5 Å². The lowest BCUT2D eigenvalue weighted by molar-refractivity contribution is -0.135. The van der Waals surface area contributed by atoms with Gasteiger partial charge >= 0.3 is 0 Å². The van der Waals surface area contributed by atoms with Crippen LogP contribution >= 0.6 is 0 Å². The van der Waals surface area contributed by atoms with Crippen molar-refractivity contribution in [2.24, 2.45) is 5.92 Å². The first-order chi connectivity index (χ1) is 12.8. The number of benzene rings is 2. The first-order valence-corrected chi connectivity index (χ1v) is 8.59. The lowest BCUT2D eigenvalue weighted by Gasteiger charge is -2.31. The van der Waals surface area contributed by atoms with Gasteiger partial charge in [0.1, 0.15) is 11.7 Å². The maximum Gasteiger partial charge on any atom is 0.272 e. The van der Waals surface area contributed by atoms with Crippen LogP contribution in [0.1, 0.15) is 30.4 Å². The second kappa shape index (κ2) is 7.42. The largest absolute Gasteiger partial charge is 0.355 e. The van der Waals surface area contributed by atoms with Crippen LogP contribution in [-0.4, -0.2) is 18.4 Å². The normalized spacial score (nSPS) is 20.1. The van der Waals surface area contributed by atoms with Crippen molar-refractivity contribution in [3.8, 4) is 0 Å². The van der Waals surface area contributed by atoms with Gasteiger partial charge in [0.15, 0.2) is 0 Å². The lowest BCUT2D eigenvalue weighted by atomic mass is 9.80. The number of hydrogen-bond acceptors (Lipinski definition) is 2. The van der Waals surface area contributed by atoms with Gasteiger partial charge in [-0.1, -0.05) is 30.3 Å². The first-order valence-electron chi connectivity index (χ1n) is 8.59. The van der Waals surface area contributed by atoms with Crippen molar-refractivity contribution in [2.45, 2.75) is 25.2 Å². The number of carbonyl (C=O) groups is 2. The molecule has 142 valence electrons. The lowest BCUT2D eigenvalue weighted by Crippen LogP contribution is -2.46. The Kier molecular flexibility index (Phi) is 5.21. The van der Waals surface area contributed by atoms with Gasteiger partial charge in [-0.2, -0.15) is 0 Å². The number of amides is 2. The molecular formula is C20H19F3N2O2. The van der Waals surface area contributed by atoms with Crippen molar-refractivity contribution >= 4 is 17.5 Å². The molecule has 2 N–H and O–H groups in total. The molecule has 27 heavy (non-hydrogen) atoms. The number of rotatable bonds is 4. The third-order valence-corrected chi connectivity index (χ3v) is 4.68. The Bertz CT molecular complexity index is 847. The van der Waals surface area contributed by atoms with E-state index in [0.717, 1.165) is 6.92 Å². The number of anilines is 1. The fourth-order valence-corrected chi connectivity index (χ4v) is 3.37. The maximum atomic E-state index is 13.8. The summed E-state index contributed by atoms with van der Waals surface area (Å²) >= 11 is 0. The van der Waals surface area contributed by atoms with Gasteiger partial charge in [0, 0.05) is 30.6 Å². The summed E-state index contributed by atoms with van der Waals surface area (Å²) in [6.07, 6.45) is 0.487. The van der Waals surface area contributed by atoms with Crippen LogP contribution in [0.3, 0.4) is 0 Å². The first kappa shape index (κ1) is 18.9. The number of hydrogen-bond donors (Lipinski definition) is 2. The number of halogens is 3. The summed E-state index contributed by atoms with van der Waals surface area (Å²) in [5, 5.41) is 5.11. The molecule has 7 heteroatoms. The van der Waals surface area contributed by atoms with Gasteiger partial charge in [-0.05, 0) is 30.2 Å². The van der Waals surface area contributed by atoms with E-state index < -0.39 is 35.4 Å². The summed E-state index contributed by atoms with van der Waals surface area (Å²) in [4.78, 5) is 25.2. The number of piperidine rings is 1. The summed E-state index contributed by atoms with van der Waals surface area (Å²) in [6.45, 7) is 1.13. The van der Waals surface area contributed by atoms with Crippen LogP contribution < -0.4 is 10.6 Å². The number of alkyl halides is 2. The second-order valence-electron chi connectivity index (χ2n) is 6.64. The maximum absolute atomic E-state index is 13.8. The molecular weight excluding hydrogens is 357 g/mol. The van der Waals surface area contributed by atoms with Gasteiger partial charge in [-0.15, -0.1) is 0 Å². The monoisotopic (exact) mass is 376 g/mol. The van der Waals surface area contributed by atoms with Crippen molar-refractivity contribution in [3.05, 3.63) is 65.5 Å². The van der Waals surface area contributed by atoms with Gasteiger partial charge in [0.2, 0.25) is 11.8 Å². The summed E-state index contributed by atoms with van der Waals surface area (Å²) in [5.41, 5.74) is 0.291. The predicted octanol–water partition coefficient (Wildman–Crippen LogP) is 3.80. The highest BCUT2D eigenvalue weighted by atomic mass is 19.3. The van der Waals surface area contributed by atoms with E-state index in [-0.39, 0.29) is 11.3 Å². The van der Waals surface area contributed by atoms with Crippen molar-refractivity contribution < 1.29 is 22.8 Å². The van der Waals surface area contributed by atoms with Crippen LogP contribution in [0.5, 0.6) is 0 Å². The van der Waals surface area contributed by atoms with Crippen LogP contribution in [0.2, 0.25) is 0 Å². The smallest absolute Gasteiger partial charge is 0.272 e. The van der Waals surface area contributed by atoms with Gasteiger partial charge < -0.3 is 10.6 Å². The molecule has 2 aromatic rings. The molecule has 0 spiro atoms. The predicted molar refractivity (Wildman–Crippen MR) is 94.9 cm³/mol. The van der Waals surface area contributed by atoms with Crippen LogP contribution in [0.4, 0.5) is 18.9 Å². The van der Waals surface area contributed by atoms with E-state index in [0.29, 0.717) is 18.5 Å². The highest BCUT2D eigenvalue weighted by Crippen LogP contribution is 2.35. The molecule has 1 heterocycles. The van der Waals surface area contributed by atoms with Crippen molar-refractivity contribution in [3.63, 3.8) is 0 Å². The highest BCUT2D eigenvalue weighted by molar-refractivity contribution is 6.08. The van der Waals surface area contributed by atoms with Crippen LogP contribution in [0.25, 0.3) is 0 Å². The molecule has 0 saturated carbocycles. The molecule has 2 atom stereocenters. The molecule has 1 saturated heterocycles.